The molecule has 1 aliphatic carbocycles. The Morgan fingerprint density at radius 1 is 0.638 bits per heavy atom. The van der Waals surface area contributed by atoms with Crippen LogP contribution in [-0.4, -0.2) is 19.9 Å². The van der Waals surface area contributed by atoms with Crippen LogP contribution in [-0.2, 0) is 41.8 Å². The van der Waals surface area contributed by atoms with Crippen LogP contribution in [0.1, 0.15) is 103 Å². The molecule has 0 atom stereocenters. The normalized spacial score (nSPS) is 15.2. The number of aromatic nitrogens is 4. The molecule has 5 aromatic rings. The van der Waals surface area contributed by atoms with Crippen LogP contribution < -0.4 is 0 Å². The smallest absolute Gasteiger partial charge is 0.165 e. The summed E-state index contributed by atoms with van der Waals surface area (Å²) < 4.78 is 0. The Balaban J connectivity index is 0.00000433. The van der Waals surface area contributed by atoms with Gasteiger partial charge >= 0.3 is 0 Å². The third-order valence-electron chi connectivity index (χ3n) is 9.57. The third kappa shape index (κ3) is 6.89. The zero-order valence-electron chi connectivity index (χ0n) is 29.8. The van der Waals surface area contributed by atoms with Gasteiger partial charge in [0.15, 0.2) is 17.5 Å². The monoisotopic (exact) mass is 800 g/mol. The molecular weight excluding hydrogens is 753 g/mol. The van der Waals surface area contributed by atoms with Gasteiger partial charge in [-0.3, -0.25) is 0 Å². The van der Waals surface area contributed by atoms with Crippen LogP contribution in [0.4, 0.5) is 0 Å². The number of benzene rings is 3. The molecule has 4 nitrogen and oxygen atoms in total. The molecule has 0 aliphatic heterocycles. The molecule has 0 bridgehead atoms. The molecule has 0 unspecified atom stereocenters. The second-order valence-corrected chi connectivity index (χ2v) is 16.5. The average Bonchev–Trinajstić information content (AvgIpc) is 3.18. The molecule has 0 amide bonds. The fourth-order valence-electron chi connectivity index (χ4n) is 6.99. The SMILES string of the molecule is Cc1cc(-c2[c-]cc3c(c2)C(C)(C)CC3(C)C)ncc1-c1nc(-c2ccc(C(C)(C)C)cc2)nc(-c2ccc(C(C)(C)C)cc2)n1.[Ir]. The van der Waals surface area contributed by atoms with Crippen LogP contribution in [0.25, 0.3) is 45.4 Å². The Hall–Kier alpha value is -3.53. The number of hydrogen-bond donors (Lipinski definition) is 0. The summed E-state index contributed by atoms with van der Waals surface area (Å²) in [6.07, 6.45) is 3.04. The van der Waals surface area contributed by atoms with Crippen molar-refractivity contribution >= 4 is 0 Å². The fourth-order valence-corrected chi connectivity index (χ4v) is 6.99. The van der Waals surface area contributed by atoms with Crippen molar-refractivity contribution in [3.8, 4) is 45.4 Å². The predicted octanol–water partition coefficient (Wildman–Crippen LogP) is 10.6. The van der Waals surface area contributed by atoms with E-state index in [9.17, 15) is 0 Å². The van der Waals surface area contributed by atoms with Gasteiger partial charge in [0.2, 0.25) is 0 Å². The summed E-state index contributed by atoms with van der Waals surface area (Å²) in [4.78, 5) is 20.0. The average molecular weight is 800 g/mol. The van der Waals surface area contributed by atoms with Gasteiger partial charge in [0.05, 0.1) is 0 Å². The molecule has 1 aliphatic rings. The van der Waals surface area contributed by atoms with E-state index in [0.717, 1.165) is 39.9 Å². The molecule has 245 valence electrons. The predicted molar refractivity (Wildman–Crippen MR) is 191 cm³/mol. The summed E-state index contributed by atoms with van der Waals surface area (Å²) in [5.74, 6) is 1.93. The molecule has 2 aromatic heterocycles. The maximum atomic E-state index is 5.02. The van der Waals surface area contributed by atoms with Crippen LogP contribution in [0.5, 0.6) is 0 Å². The van der Waals surface area contributed by atoms with Crippen molar-refractivity contribution in [3.63, 3.8) is 0 Å². The second kappa shape index (κ2) is 12.2. The van der Waals surface area contributed by atoms with Crippen LogP contribution in [0.2, 0.25) is 0 Å². The molecule has 0 N–H and O–H groups in total. The summed E-state index contributed by atoms with van der Waals surface area (Å²) in [6, 6.07) is 27.3. The number of nitrogens with zero attached hydrogens (tertiary/aromatic N) is 4. The maximum absolute atomic E-state index is 5.02. The Morgan fingerprint density at radius 3 is 1.57 bits per heavy atom. The zero-order valence-corrected chi connectivity index (χ0v) is 32.2. The Labute approximate surface area is 295 Å². The quantitative estimate of drug-likeness (QED) is 0.170. The van der Waals surface area contributed by atoms with Gasteiger partial charge in [-0.2, -0.15) is 0 Å². The standard InChI is InChI=1S/C42H47N4.Ir/c1-26-22-35(29-16-21-33-34(23-29)42(10,11)25-41(33,8)9)43-24-32(26)38-45-36(27-12-17-30(18-13-27)39(2,3)4)44-37(46-38)28-14-19-31(20-15-28)40(5,6)7;/h12-15,17-24H,25H2,1-11H3;/q-1;. The minimum atomic E-state index is 0. The molecule has 0 saturated heterocycles. The molecule has 6 rings (SSSR count). The molecule has 3 aromatic carbocycles. The van der Waals surface area contributed by atoms with E-state index in [0.29, 0.717) is 17.5 Å². The fraction of sp³-hybridized carbons (Fsp3) is 0.381. The molecule has 47 heavy (non-hydrogen) atoms. The van der Waals surface area contributed by atoms with E-state index in [2.05, 4.69) is 149 Å². The first-order valence-electron chi connectivity index (χ1n) is 16.4. The van der Waals surface area contributed by atoms with E-state index < -0.39 is 0 Å². The topological polar surface area (TPSA) is 51.6 Å². The van der Waals surface area contributed by atoms with Crippen molar-refractivity contribution in [1.29, 1.82) is 0 Å². The van der Waals surface area contributed by atoms with Gasteiger partial charge in [0, 0.05) is 43.0 Å². The van der Waals surface area contributed by atoms with E-state index in [1.54, 1.807) is 0 Å². The molecular formula is C42H47IrN4-. The number of hydrogen-bond acceptors (Lipinski definition) is 4. The van der Waals surface area contributed by atoms with Crippen molar-refractivity contribution in [1.82, 2.24) is 19.9 Å². The van der Waals surface area contributed by atoms with Crippen molar-refractivity contribution in [3.05, 3.63) is 107 Å². The van der Waals surface area contributed by atoms with Gasteiger partial charge in [-0.25, -0.2) is 15.0 Å². The first-order valence-corrected chi connectivity index (χ1v) is 16.4. The zero-order chi connectivity index (χ0) is 33.2. The Bertz CT molecular complexity index is 1850. The van der Waals surface area contributed by atoms with Gasteiger partial charge in [0.1, 0.15) is 0 Å². The minimum Gasteiger partial charge on any atom is -0.304 e. The van der Waals surface area contributed by atoms with Crippen molar-refractivity contribution in [2.24, 2.45) is 0 Å². The van der Waals surface area contributed by atoms with Crippen LogP contribution >= 0.6 is 0 Å². The van der Waals surface area contributed by atoms with Gasteiger partial charge < -0.3 is 4.98 Å². The number of fused-ring (bicyclic) bond motifs is 1. The van der Waals surface area contributed by atoms with Crippen molar-refractivity contribution in [2.75, 3.05) is 0 Å². The molecule has 0 saturated carbocycles. The molecule has 0 fully saturated rings. The van der Waals surface area contributed by atoms with E-state index in [4.69, 9.17) is 19.9 Å². The molecule has 1 radical (unpaired) electrons. The van der Waals surface area contributed by atoms with E-state index in [1.807, 2.05) is 6.20 Å². The number of pyridine rings is 1. The van der Waals surface area contributed by atoms with Gasteiger partial charge in [-0.1, -0.05) is 124 Å². The van der Waals surface area contributed by atoms with Crippen molar-refractivity contribution in [2.45, 2.75) is 104 Å². The summed E-state index contributed by atoms with van der Waals surface area (Å²) in [7, 11) is 0. The summed E-state index contributed by atoms with van der Waals surface area (Å²) in [6.45, 7) is 24.8. The Kier molecular flexibility index (Phi) is 9.01. The van der Waals surface area contributed by atoms with Crippen LogP contribution in [0.3, 0.4) is 0 Å². The minimum absolute atomic E-state index is 0. The molecule has 5 heteroatoms. The first-order chi connectivity index (χ1) is 21.4. The van der Waals surface area contributed by atoms with Gasteiger partial charge in [0.25, 0.3) is 0 Å². The van der Waals surface area contributed by atoms with Gasteiger partial charge in [-0.05, 0) is 57.4 Å². The maximum Gasteiger partial charge on any atom is 0.165 e. The summed E-state index contributed by atoms with van der Waals surface area (Å²) >= 11 is 0. The van der Waals surface area contributed by atoms with Crippen LogP contribution in [0, 0.1) is 13.0 Å². The largest absolute Gasteiger partial charge is 0.304 e. The second-order valence-electron chi connectivity index (χ2n) is 16.5. The third-order valence-corrected chi connectivity index (χ3v) is 9.57. The molecule has 0 spiro atoms. The summed E-state index contributed by atoms with van der Waals surface area (Å²) in [5, 5.41) is 0. The summed E-state index contributed by atoms with van der Waals surface area (Å²) in [5.41, 5.74) is 11.6. The van der Waals surface area contributed by atoms with Gasteiger partial charge in [-0.15, -0.1) is 34.9 Å². The van der Waals surface area contributed by atoms with E-state index in [-0.39, 0.29) is 41.8 Å². The molecule has 2 heterocycles. The number of aryl methyl sites for hydroxylation is 1. The Morgan fingerprint density at radius 2 is 1.11 bits per heavy atom. The van der Waals surface area contributed by atoms with Crippen LogP contribution in [0.15, 0.2) is 72.9 Å². The number of rotatable bonds is 4. The van der Waals surface area contributed by atoms with E-state index in [1.165, 1.54) is 22.3 Å². The van der Waals surface area contributed by atoms with Crippen molar-refractivity contribution < 1.29 is 20.1 Å². The van der Waals surface area contributed by atoms with E-state index >= 15 is 0 Å². The first kappa shape index (κ1) is 34.8.